The summed E-state index contributed by atoms with van der Waals surface area (Å²) in [5.41, 5.74) is 0. The first kappa shape index (κ1) is 18.8. The number of ether oxygens (including phenoxy) is 1. The summed E-state index contributed by atoms with van der Waals surface area (Å²) >= 11 is 0. The molecule has 0 aliphatic carbocycles. The minimum atomic E-state index is -1.91. The molecule has 1 saturated heterocycles. The molecular weight excluding hydrogens is 276 g/mol. The van der Waals surface area contributed by atoms with Gasteiger partial charge in [0, 0.05) is 6.42 Å². The van der Waals surface area contributed by atoms with Crippen LogP contribution in [-0.4, -0.2) is 62.3 Å². The molecule has 0 amide bonds. The Bertz CT molecular complexity index is 285. The Labute approximate surface area is 126 Å². The van der Waals surface area contributed by atoms with Gasteiger partial charge in [0.25, 0.3) is 0 Å². The van der Waals surface area contributed by atoms with Crippen LogP contribution in [0.3, 0.4) is 0 Å². The Morgan fingerprint density at radius 2 is 1.48 bits per heavy atom. The molecule has 1 fully saturated rings. The van der Waals surface area contributed by atoms with Crippen molar-refractivity contribution in [1.29, 1.82) is 0 Å². The highest BCUT2D eigenvalue weighted by atomic mass is 16.7. The van der Waals surface area contributed by atoms with Crippen LogP contribution in [0, 0.1) is 0 Å². The summed E-state index contributed by atoms with van der Waals surface area (Å²) in [7, 11) is 0. The fourth-order valence-corrected chi connectivity index (χ4v) is 2.76. The second-order valence-electron chi connectivity index (χ2n) is 5.98. The Morgan fingerprint density at radius 3 is 2.05 bits per heavy atom. The third-order valence-corrected chi connectivity index (χ3v) is 4.19. The lowest BCUT2D eigenvalue weighted by Crippen LogP contribution is -2.65. The van der Waals surface area contributed by atoms with E-state index in [1.54, 1.807) is 0 Å². The van der Waals surface area contributed by atoms with Gasteiger partial charge in [-0.2, -0.15) is 0 Å². The summed E-state index contributed by atoms with van der Waals surface area (Å²) in [6, 6.07) is 0. The van der Waals surface area contributed by atoms with E-state index < -0.39 is 36.8 Å². The van der Waals surface area contributed by atoms with Gasteiger partial charge in [0.15, 0.2) is 5.79 Å². The topological polar surface area (TPSA) is 110 Å². The van der Waals surface area contributed by atoms with Crippen LogP contribution in [0.2, 0.25) is 0 Å². The molecule has 1 heterocycles. The van der Waals surface area contributed by atoms with Crippen molar-refractivity contribution in [3.63, 3.8) is 0 Å². The highest BCUT2D eigenvalue weighted by Gasteiger charge is 2.51. The van der Waals surface area contributed by atoms with E-state index in [1.807, 2.05) is 0 Å². The van der Waals surface area contributed by atoms with Crippen LogP contribution >= 0.6 is 0 Å². The number of hydrogen-bond acceptors (Lipinski definition) is 6. The van der Waals surface area contributed by atoms with Crippen LogP contribution < -0.4 is 0 Å². The van der Waals surface area contributed by atoms with Gasteiger partial charge in [-0.3, -0.25) is 0 Å². The van der Waals surface area contributed by atoms with Crippen molar-refractivity contribution in [2.75, 3.05) is 6.61 Å². The lowest BCUT2D eigenvalue weighted by Gasteiger charge is -2.45. The fraction of sp³-hybridized carbons (Fsp3) is 1.00. The molecule has 0 radical (unpaired) electrons. The summed E-state index contributed by atoms with van der Waals surface area (Å²) in [4.78, 5) is 0. The van der Waals surface area contributed by atoms with Crippen LogP contribution in [-0.2, 0) is 4.74 Å². The monoisotopic (exact) mass is 306 g/mol. The van der Waals surface area contributed by atoms with E-state index in [4.69, 9.17) is 9.84 Å². The molecule has 0 aromatic rings. The van der Waals surface area contributed by atoms with Gasteiger partial charge in [-0.25, -0.2) is 0 Å². The molecule has 5 atom stereocenters. The van der Waals surface area contributed by atoms with Crippen molar-refractivity contribution in [3.05, 3.63) is 0 Å². The Hall–Kier alpha value is -0.240. The first-order valence-electron chi connectivity index (χ1n) is 8.01. The number of aliphatic hydroxyl groups is 5. The van der Waals surface area contributed by atoms with Crippen LogP contribution in [0.1, 0.15) is 58.3 Å². The first-order valence-corrected chi connectivity index (χ1v) is 8.01. The van der Waals surface area contributed by atoms with Crippen molar-refractivity contribution < 1.29 is 30.3 Å². The summed E-state index contributed by atoms with van der Waals surface area (Å²) in [6.07, 6.45) is 1.98. The van der Waals surface area contributed by atoms with E-state index in [1.165, 1.54) is 19.3 Å². The van der Waals surface area contributed by atoms with Crippen molar-refractivity contribution in [3.8, 4) is 0 Å². The van der Waals surface area contributed by atoms with E-state index in [-0.39, 0.29) is 6.42 Å². The second kappa shape index (κ2) is 9.02. The molecule has 0 aromatic heterocycles. The average Bonchev–Trinajstić information content (AvgIpc) is 2.48. The maximum atomic E-state index is 10.3. The van der Waals surface area contributed by atoms with Gasteiger partial charge < -0.3 is 30.3 Å². The summed E-state index contributed by atoms with van der Waals surface area (Å²) in [5, 5.41) is 48.7. The quantitative estimate of drug-likeness (QED) is 0.392. The Kier molecular flexibility index (Phi) is 8.08. The minimum Gasteiger partial charge on any atom is -0.394 e. The number of unbranched alkanes of at least 4 members (excludes halogenated alkanes) is 6. The van der Waals surface area contributed by atoms with Crippen LogP contribution in [0.15, 0.2) is 0 Å². The molecule has 1 rings (SSSR count). The van der Waals surface area contributed by atoms with Crippen LogP contribution in [0.4, 0.5) is 0 Å². The van der Waals surface area contributed by atoms with Gasteiger partial charge >= 0.3 is 0 Å². The number of rotatable bonds is 9. The molecule has 1 unspecified atom stereocenters. The molecule has 0 saturated carbocycles. The molecule has 5 N–H and O–H groups in total. The lowest BCUT2D eigenvalue weighted by atomic mass is 9.89. The molecule has 126 valence electrons. The smallest absolute Gasteiger partial charge is 0.195 e. The van der Waals surface area contributed by atoms with E-state index in [0.717, 1.165) is 19.3 Å². The minimum absolute atomic E-state index is 0.169. The molecule has 6 nitrogen and oxygen atoms in total. The number of aliphatic hydroxyl groups excluding tert-OH is 4. The van der Waals surface area contributed by atoms with E-state index >= 15 is 0 Å². The summed E-state index contributed by atoms with van der Waals surface area (Å²) < 4.78 is 5.21. The molecule has 0 aromatic carbocycles. The second-order valence-corrected chi connectivity index (χ2v) is 5.98. The maximum absolute atomic E-state index is 10.3. The zero-order valence-electron chi connectivity index (χ0n) is 12.8. The lowest BCUT2D eigenvalue weighted by molar-refractivity contribution is -0.351. The average molecular weight is 306 g/mol. The van der Waals surface area contributed by atoms with Gasteiger partial charge in [-0.1, -0.05) is 45.4 Å². The molecule has 21 heavy (non-hydrogen) atoms. The van der Waals surface area contributed by atoms with Gasteiger partial charge in [-0.15, -0.1) is 0 Å². The zero-order valence-corrected chi connectivity index (χ0v) is 12.8. The van der Waals surface area contributed by atoms with E-state index in [0.29, 0.717) is 6.42 Å². The van der Waals surface area contributed by atoms with Gasteiger partial charge in [-0.05, 0) is 6.42 Å². The molecular formula is C15H30O6. The Balaban J connectivity index is 2.37. The van der Waals surface area contributed by atoms with Gasteiger partial charge in [0.1, 0.15) is 24.4 Å². The van der Waals surface area contributed by atoms with Crippen molar-refractivity contribution in [2.45, 2.75) is 88.5 Å². The zero-order chi connectivity index (χ0) is 15.9. The van der Waals surface area contributed by atoms with Crippen LogP contribution in [0.25, 0.3) is 0 Å². The van der Waals surface area contributed by atoms with Crippen molar-refractivity contribution in [1.82, 2.24) is 0 Å². The number of hydrogen-bond donors (Lipinski definition) is 5. The fourth-order valence-electron chi connectivity index (χ4n) is 2.76. The highest BCUT2D eigenvalue weighted by molar-refractivity contribution is 4.95. The maximum Gasteiger partial charge on any atom is 0.195 e. The molecule has 0 bridgehead atoms. The third kappa shape index (κ3) is 5.16. The largest absolute Gasteiger partial charge is 0.394 e. The van der Waals surface area contributed by atoms with E-state index in [9.17, 15) is 20.4 Å². The highest BCUT2D eigenvalue weighted by Crippen LogP contribution is 2.32. The predicted octanol–water partition coefficient (Wildman–Crippen LogP) is 0.289. The molecule has 6 heteroatoms. The third-order valence-electron chi connectivity index (χ3n) is 4.19. The molecule has 1 aliphatic heterocycles. The Morgan fingerprint density at radius 1 is 0.905 bits per heavy atom. The normalized spacial score (nSPS) is 36.9. The SMILES string of the molecule is CCCCCCCCCC1(O)O[C@H](CO)[C@@H](O)[C@H](O)[C@H]1O. The van der Waals surface area contributed by atoms with E-state index in [2.05, 4.69) is 6.92 Å². The molecule has 0 spiro atoms. The van der Waals surface area contributed by atoms with Gasteiger partial charge in [0.05, 0.1) is 6.61 Å². The summed E-state index contributed by atoms with van der Waals surface area (Å²) in [6.45, 7) is 1.64. The standard InChI is InChI=1S/C15H30O6/c1-2-3-4-5-6-7-8-9-15(20)14(19)13(18)12(17)11(10-16)21-15/h11-14,16-20H,2-10H2,1H3/t11-,12-,13+,14-,15?/m1/s1. The van der Waals surface area contributed by atoms with Crippen molar-refractivity contribution >= 4 is 0 Å². The van der Waals surface area contributed by atoms with Gasteiger partial charge in [0.2, 0.25) is 0 Å². The summed E-state index contributed by atoms with van der Waals surface area (Å²) in [5.74, 6) is -1.91. The molecule has 1 aliphatic rings. The van der Waals surface area contributed by atoms with Crippen molar-refractivity contribution in [2.24, 2.45) is 0 Å². The van der Waals surface area contributed by atoms with Crippen LogP contribution in [0.5, 0.6) is 0 Å². The first-order chi connectivity index (χ1) is 9.96. The predicted molar refractivity (Wildman–Crippen MR) is 77.5 cm³/mol.